The lowest BCUT2D eigenvalue weighted by Gasteiger charge is -2.34. The minimum absolute atomic E-state index is 0.201. The van der Waals surface area contributed by atoms with E-state index in [1.807, 2.05) is 11.9 Å². The number of aromatic nitrogens is 2. The van der Waals surface area contributed by atoms with Crippen LogP contribution in [0.3, 0.4) is 0 Å². The van der Waals surface area contributed by atoms with E-state index in [0.29, 0.717) is 11.8 Å². The molecule has 1 N–H and O–H groups in total. The largest absolute Gasteiger partial charge is 0.481 e. The van der Waals surface area contributed by atoms with E-state index >= 15 is 0 Å². The number of aryl methyl sites for hydroxylation is 1. The van der Waals surface area contributed by atoms with Crippen LogP contribution in [0.2, 0.25) is 0 Å². The van der Waals surface area contributed by atoms with Gasteiger partial charge in [0.1, 0.15) is 15.8 Å². The molecule has 2 saturated heterocycles. The lowest BCUT2D eigenvalue weighted by molar-refractivity contribution is -0.144. The molecular formula is C15H20F3N3O2S2. The van der Waals surface area contributed by atoms with Crippen LogP contribution in [-0.2, 0) is 18.0 Å². The molecule has 1 aromatic rings. The standard InChI is InChI=1S/C15H20F3N3O2S2/c1-4-8-7-24-15(25-8)12(13(22)23)9(6-20(15)2)10-5-11(14(16,17)18)21(3)19-10/h5,8-9,12H,4,6-7H2,1-3H3,(H,22,23). The maximum Gasteiger partial charge on any atom is 0.433 e. The molecule has 0 saturated carbocycles. The van der Waals surface area contributed by atoms with E-state index in [1.165, 1.54) is 7.05 Å². The van der Waals surface area contributed by atoms with Gasteiger partial charge in [0.05, 0.1) is 5.69 Å². The smallest absolute Gasteiger partial charge is 0.433 e. The second-order valence-electron chi connectivity index (χ2n) is 6.47. The average Bonchev–Trinajstić information content (AvgIpc) is 3.16. The predicted octanol–water partition coefficient (Wildman–Crippen LogP) is 3.08. The van der Waals surface area contributed by atoms with Crippen molar-refractivity contribution in [3.63, 3.8) is 0 Å². The lowest BCUT2D eigenvalue weighted by Crippen LogP contribution is -2.41. The predicted molar refractivity (Wildman–Crippen MR) is 91.6 cm³/mol. The van der Waals surface area contributed by atoms with Crippen molar-refractivity contribution < 1.29 is 23.1 Å². The number of carboxylic acids is 1. The molecule has 0 aliphatic carbocycles. The summed E-state index contributed by atoms with van der Waals surface area (Å²) in [5, 5.41) is 14.2. The molecule has 0 radical (unpaired) electrons. The molecule has 25 heavy (non-hydrogen) atoms. The Kier molecular flexibility index (Phi) is 4.83. The summed E-state index contributed by atoms with van der Waals surface area (Å²) < 4.78 is 39.4. The van der Waals surface area contributed by atoms with Crippen molar-refractivity contribution in [1.29, 1.82) is 0 Å². The van der Waals surface area contributed by atoms with Crippen LogP contribution in [0.25, 0.3) is 0 Å². The summed E-state index contributed by atoms with van der Waals surface area (Å²) in [6, 6.07) is 0.995. The maximum atomic E-state index is 13.1. The van der Waals surface area contributed by atoms with Crippen molar-refractivity contribution in [2.45, 2.75) is 34.9 Å². The molecule has 2 fully saturated rings. The first-order valence-electron chi connectivity index (χ1n) is 7.97. The van der Waals surface area contributed by atoms with Crippen LogP contribution in [0.15, 0.2) is 6.07 Å². The number of carboxylic acid groups (broad SMARTS) is 1. The van der Waals surface area contributed by atoms with Crippen molar-refractivity contribution in [1.82, 2.24) is 14.7 Å². The number of halogens is 3. The van der Waals surface area contributed by atoms with Gasteiger partial charge < -0.3 is 5.11 Å². The summed E-state index contributed by atoms with van der Waals surface area (Å²) in [5.74, 6) is -1.51. The van der Waals surface area contributed by atoms with Crippen LogP contribution in [-0.4, -0.2) is 54.6 Å². The Hall–Kier alpha value is -0.870. The van der Waals surface area contributed by atoms with Gasteiger partial charge in [-0.1, -0.05) is 6.92 Å². The molecule has 1 aromatic heterocycles. The minimum atomic E-state index is -4.51. The fourth-order valence-corrected chi connectivity index (χ4v) is 7.70. The number of hydrogen-bond acceptors (Lipinski definition) is 5. The van der Waals surface area contributed by atoms with Gasteiger partial charge in [-0.3, -0.25) is 14.4 Å². The first kappa shape index (κ1) is 18.9. The van der Waals surface area contributed by atoms with E-state index < -0.39 is 33.9 Å². The summed E-state index contributed by atoms with van der Waals surface area (Å²) in [6.45, 7) is 2.44. The summed E-state index contributed by atoms with van der Waals surface area (Å²) in [7, 11) is 3.09. The minimum Gasteiger partial charge on any atom is -0.481 e. The van der Waals surface area contributed by atoms with Crippen LogP contribution in [0.5, 0.6) is 0 Å². The van der Waals surface area contributed by atoms with Gasteiger partial charge in [0.15, 0.2) is 0 Å². The summed E-state index contributed by atoms with van der Waals surface area (Å²) in [6.07, 6.45) is -3.57. The number of thioether (sulfide) groups is 2. The van der Waals surface area contributed by atoms with E-state index in [-0.39, 0.29) is 5.69 Å². The number of alkyl halides is 3. The summed E-state index contributed by atoms with van der Waals surface area (Å²) in [5.41, 5.74) is -0.652. The van der Waals surface area contributed by atoms with Crippen LogP contribution in [0, 0.1) is 5.92 Å². The number of likely N-dealkylation sites (tertiary alicyclic amines) is 1. The Balaban J connectivity index is 1.99. The van der Waals surface area contributed by atoms with Gasteiger partial charge in [0, 0.05) is 30.5 Å². The molecule has 2 aliphatic rings. The van der Waals surface area contributed by atoms with Gasteiger partial charge in [0.25, 0.3) is 0 Å². The molecule has 5 nitrogen and oxygen atoms in total. The van der Waals surface area contributed by atoms with E-state index in [9.17, 15) is 23.1 Å². The molecule has 0 bridgehead atoms. The van der Waals surface area contributed by atoms with Crippen LogP contribution < -0.4 is 0 Å². The number of rotatable bonds is 3. The van der Waals surface area contributed by atoms with Gasteiger partial charge in [0.2, 0.25) is 0 Å². The van der Waals surface area contributed by atoms with E-state index in [1.54, 1.807) is 23.5 Å². The molecule has 140 valence electrons. The van der Waals surface area contributed by atoms with Gasteiger partial charge >= 0.3 is 12.1 Å². The van der Waals surface area contributed by atoms with E-state index in [2.05, 4.69) is 12.0 Å². The Labute approximate surface area is 152 Å². The van der Waals surface area contributed by atoms with Crippen molar-refractivity contribution in [2.75, 3.05) is 19.3 Å². The fourth-order valence-electron chi connectivity index (χ4n) is 3.63. The zero-order chi connectivity index (χ0) is 18.6. The quantitative estimate of drug-likeness (QED) is 0.849. The average molecular weight is 395 g/mol. The monoisotopic (exact) mass is 395 g/mol. The van der Waals surface area contributed by atoms with Gasteiger partial charge in [-0.25, -0.2) is 0 Å². The highest BCUT2D eigenvalue weighted by Gasteiger charge is 2.61. The lowest BCUT2D eigenvalue weighted by atomic mass is 9.92. The van der Waals surface area contributed by atoms with Crippen LogP contribution in [0.1, 0.15) is 30.7 Å². The second-order valence-corrected chi connectivity index (χ2v) is 9.50. The van der Waals surface area contributed by atoms with Crippen molar-refractivity contribution in [3.05, 3.63) is 17.5 Å². The van der Waals surface area contributed by atoms with Crippen molar-refractivity contribution in [2.24, 2.45) is 13.0 Å². The molecule has 10 heteroatoms. The Morgan fingerprint density at radius 3 is 2.64 bits per heavy atom. The molecule has 3 heterocycles. The zero-order valence-electron chi connectivity index (χ0n) is 14.1. The zero-order valence-corrected chi connectivity index (χ0v) is 15.7. The number of hydrogen-bond donors (Lipinski definition) is 1. The number of carbonyl (C=O) groups is 1. The summed E-state index contributed by atoms with van der Waals surface area (Å²) >= 11 is 3.23. The number of aliphatic carboxylic acids is 1. The van der Waals surface area contributed by atoms with Gasteiger partial charge in [-0.05, 0) is 19.5 Å². The molecule has 2 aliphatic heterocycles. The molecule has 4 unspecified atom stereocenters. The third kappa shape index (κ3) is 3.06. The Morgan fingerprint density at radius 2 is 2.16 bits per heavy atom. The highest BCUT2D eigenvalue weighted by atomic mass is 32.2. The number of nitrogens with zero attached hydrogens (tertiary/aromatic N) is 3. The Bertz CT molecular complexity index is 681. The van der Waals surface area contributed by atoms with E-state index in [0.717, 1.165) is 22.9 Å². The normalized spacial score (nSPS) is 33.4. The summed E-state index contributed by atoms with van der Waals surface area (Å²) in [4.78, 5) is 14.0. The molecule has 0 amide bonds. The number of likely N-dealkylation sites (N-methyl/N-ethyl adjacent to an activating group) is 1. The topological polar surface area (TPSA) is 58.4 Å². The third-order valence-electron chi connectivity index (χ3n) is 4.90. The molecular weight excluding hydrogens is 375 g/mol. The third-order valence-corrected chi connectivity index (χ3v) is 9.04. The van der Waals surface area contributed by atoms with Gasteiger partial charge in [-0.2, -0.15) is 18.3 Å². The highest BCUT2D eigenvalue weighted by molar-refractivity contribution is 8.21. The SMILES string of the molecule is CCC1CSC2(S1)C(C(=O)O)C(c1cc(C(F)(F)F)n(C)n1)CN2C. The first-order valence-corrected chi connectivity index (χ1v) is 9.83. The van der Waals surface area contributed by atoms with Crippen LogP contribution >= 0.6 is 23.5 Å². The second kappa shape index (κ2) is 6.38. The molecule has 0 aromatic carbocycles. The van der Waals surface area contributed by atoms with E-state index in [4.69, 9.17) is 0 Å². The molecule has 1 spiro atoms. The van der Waals surface area contributed by atoms with Gasteiger partial charge in [-0.15, -0.1) is 23.5 Å². The fraction of sp³-hybridized carbons (Fsp3) is 0.733. The van der Waals surface area contributed by atoms with Crippen molar-refractivity contribution in [3.8, 4) is 0 Å². The highest BCUT2D eigenvalue weighted by Crippen LogP contribution is 2.61. The Morgan fingerprint density at radius 1 is 1.48 bits per heavy atom. The van der Waals surface area contributed by atoms with Crippen LogP contribution in [0.4, 0.5) is 13.2 Å². The molecule has 3 rings (SSSR count). The molecule has 4 atom stereocenters. The van der Waals surface area contributed by atoms with Crippen molar-refractivity contribution >= 4 is 29.5 Å². The maximum absolute atomic E-state index is 13.1. The first-order chi connectivity index (χ1) is 11.6.